The van der Waals surface area contributed by atoms with Crippen molar-refractivity contribution in [2.24, 2.45) is 0 Å². The first-order valence-electron chi connectivity index (χ1n) is 11.9. The van der Waals surface area contributed by atoms with Crippen LogP contribution >= 0.6 is 11.8 Å². The summed E-state index contributed by atoms with van der Waals surface area (Å²) in [4.78, 5) is 24.7. The lowest BCUT2D eigenvalue weighted by Gasteiger charge is -2.34. The van der Waals surface area contributed by atoms with Crippen LogP contribution in [0.15, 0.2) is 0 Å². The molecule has 0 saturated heterocycles. The average Bonchev–Trinajstić information content (AvgIpc) is 2.69. The van der Waals surface area contributed by atoms with Gasteiger partial charge in [0.15, 0.2) is 9.99 Å². The summed E-state index contributed by atoms with van der Waals surface area (Å²) in [6, 6.07) is 0. The summed E-state index contributed by atoms with van der Waals surface area (Å²) in [5.74, 6) is -0.360. The van der Waals surface area contributed by atoms with Crippen LogP contribution in [0, 0.1) is 0 Å². The number of hydrogen-bond donors (Lipinski definition) is 0. The lowest BCUT2D eigenvalue weighted by Crippen LogP contribution is -2.49. The molecule has 0 aliphatic rings. The SMILES string of the molecule is CCCCCCCCCCCCCCCCCN(C)C(C)(SC(C)=O)C(=O)OC. The van der Waals surface area contributed by atoms with Gasteiger partial charge in [0, 0.05) is 6.92 Å². The predicted octanol–water partition coefficient (Wildman–Crippen LogP) is 6.96. The highest BCUT2D eigenvalue weighted by Crippen LogP contribution is 2.30. The Morgan fingerprint density at radius 3 is 1.52 bits per heavy atom. The number of methoxy groups -OCH3 is 1. The van der Waals surface area contributed by atoms with Gasteiger partial charge in [0.25, 0.3) is 0 Å². The average molecular weight is 430 g/mol. The molecule has 172 valence electrons. The number of unbranched alkanes of at least 4 members (excludes halogenated alkanes) is 14. The number of thioether (sulfide) groups is 1. The van der Waals surface area contributed by atoms with E-state index in [0.717, 1.165) is 24.7 Å². The molecule has 0 bridgehead atoms. The monoisotopic (exact) mass is 429 g/mol. The van der Waals surface area contributed by atoms with E-state index in [1.54, 1.807) is 6.92 Å². The predicted molar refractivity (Wildman–Crippen MR) is 126 cm³/mol. The number of ether oxygens (including phenoxy) is 1. The van der Waals surface area contributed by atoms with E-state index in [4.69, 9.17) is 4.74 Å². The molecule has 0 spiro atoms. The second-order valence-electron chi connectivity index (χ2n) is 8.44. The first-order valence-corrected chi connectivity index (χ1v) is 12.7. The van der Waals surface area contributed by atoms with Gasteiger partial charge < -0.3 is 4.74 Å². The van der Waals surface area contributed by atoms with E-state index in [-0.39, 0.29) is 11.1 Å². The molecule has 0 N–H and O–H groups in total. The Morgan fingerprint density at radius 2 is 1.17 bits per heavy atom. The molecule has 0 aromatic heterocycles. The molecule has 0 saturated carbocycles. The maximum atomic E-state index is 12.1. The Balaban J connectivity index is 3.66. The van der Waals surface area contributed by atoms with Crippen molar-refractivity contribution >= 4 is 22.8 Å². The van der Waals surface area contributed by atoms with Gasteiger partial charge in [-0.1, -0.05) is 109 Å². The van der Waals surface area contributed by atoms with Crippen LogP contribution in [0.2, 0.25) is 0 Å². The molecule has 4 nitrogen and oxygen atoms in total. The first-order chi connectivity index (χ1) is 13.9. The Hall–Kier alpha value is -0.550. The zero-order chi connectivity index (χ0) is 22.0. The van der Waals surface area contributed by atoms with E-state index in [2.05, 4.69) is 6.92 Å². The molecule has 0 aromatic carbocycles. The zero-order valence-corrected chi connectivity index (χ0v) is 20.7. The van der Waals surface area contributed by atoms with Gasteiger partial charge in [-0.3, -0.25) is 9.69 Å². The minimum Gasteiger partial charge on any atom is -0.467 e. The van der Waals surface area contributed by atoms with E-state index in [1.807, 2.05) is 11.9 Å². The second-order valence-corrected chi connectivity index (χ2v) is 10.0. The first kappa shape index (κ1) is 28.5. The smallest absolute Gasteiger partial charge is 0.336 e. The van der Waals surface area contributed by atoms with E-state index in [1.165, 1.54) is 104 Å². The lowest BCUT2D eigenvalue weighted by atomic mass is 10.0. The molecule has 0 fully saturated rings. The lowest BCUT2D eigenvalue weighted by molar-refractivity contribution is -0.148. The number of hydrogen-bond acceptors (Lipinski definition) is 5. The summed E-state index contributed by atoms with van der Waals surface area (Å²) in [5.41, 5.74) is 0. The van der Waals surface area contributed by atoms with Gasteiger partial charge in [-0.15, -0.1) is 0 Å². The number of nitrogens with zero attached hydrogens (tertiary/aromatic N) is 1. The second kappa shape index (κ2) is 18.2. The van der Waals surface area contributed by atoms with Crippen LogP contribution in [-0.4, -0.2) is 41.6 Å². The van der Waals surface area contributed by atoms with Crippen LogP contribution in [0.25, 0.3) is 0 Å². The molecule has 29 heavy (non-hydrogen) atoms. The van der Waals surface area contributed by atoms with Gasteiger partial charge in [-0.2, -0.15) is 0 Å². The molecule has 1 atom stereocenters. The van der Waals surface area contributed by atoms with Gasteiger partial charge in [-0.25, -0.2) is 4.79 Å². The summed E-state index contributed by atoms with van der Waals surface area (Å²) >= 11 is 1.04. The Labute approximate surface area is 184 Å². The molecule has 0 radical (unpaired) electrons. The number of esters is 1. The van der Waals surface area contributed by atoms with Gasteiger partial charge in [0.05, 0.1) is 7.11 Å². The van der Waals surface area contributed by atoms with Crippen molar-refractivity contribution < 1.29 is 14.3 Å². The van der Waals surface area contributed by atoms with Crippen molar-refractivity contribution in [2.45, 2.75) is 122 Å². The molecule has 0 heterocycles. The fraction of sp³-hybridized carbons (Fsp3) is 0.917. The summed E-state index contributed by atoms with van der Waals surface area (Å²) in [5, 5.41) is -0.0683. The minimum atomic E-state index is -0.934. The van der Waals surface area contributed by atoms with Gasteiger partial charge in [0.2, 0.25) is 0 Å². The van der Waals surface area contributed by atoms with Crippen molar-refractivity contribution in [3.63, 3.8) is 0 Å². The number of rotatable bonds is 19. The normalized spacial score (nSPS) is 13.4. The van der Waals surface area contributed by atoms with Crippen molar-refractivity contribution in [2.75, 3.05) is 20.7 Å². The van der Waals surface area contributed by atoms with Crippen molar-refractivity contribution in [1.29, 1.82) is 0 Å². The Morgan fingerprint density at radius 1 is 0.793 bits per heavy atom. The molecule has 0 rings (SSSR count). The summed E-state index contributed by atoms with van der Waals surface area (Å²) in [7, 11) is 3.28. The highest BCUT2D eigenvalue weighted by molar-refractivity contribution is 8.15. The van der Waals surface area contributed by atoms with Gasteiger partial charge in [-0.05, 0) is 26.9 Å². The molecule has 1 unspecified atom stereocenters. The topological polar surface area (TPSA) is 46.6 Å². The maximum absolute atomic E-state index is 12.1. The van der Waals surface area contributed by atoms with Crippen LogP contribution in [-0.2, 0) is 14.3 Å². The fourth-order valence-electron chi connectivity index (χ4n) is 3.68. The Kier molecular flexibility index (Phi) is 17.9. The molecule has 0 aromatic rings. The highest BCUT2D eigenvalue weighted by Gasteiger charge is 2.40. The maximum Gasteiger partial charge on any atom is 0.336 e. The largest absolute Gasteiger partial charge is 0.467 e. The molecule has 0 aliphatic carbocycles. The Bertz CT molecular complexity index is 430. The summed E-state index contributed by atoms with van der Waals surface area (Å²) < 4.78 is 4.91. The van der Waals surface area contributed by atoms with Crippen LogP contribution in [0.3, 0.4) is 0 Å². The van der Waals surface area contributed by atoms with Gasteiger partial charge >= 0.3 is 5.97 Å². The molecule has 0 aliphatic heterocycles. The number of carbonyl (C=O) groups excluding carboxylic acids is 2. The van der Waals surface area contributed by atoms with Crippen molar-refractivity contribution in [1.82, 2.24) is 4.90 Å². The van der Waals surface area contributed by atoms with Crippen molar-refractivity contribution in [3.05, 3.63) is 0 Å². The fourth-order valence-corrected chi connectivity index (χ4v) is 4.65. The van der Waals surface area contributed by atoms with Gasteiger partial charge in [0.1, 0.15) is 0 Å². The number of likely N-dealkylation sites (N-methyl/N-ethyl adjacent to an activating group) is 1. The minimum absolute atomic E-state index is 0.0683. The summed E-state index contributed by atoms with van der Waals surface area (Å²) in [6.07, 6.45) is 20.1. The van der Waals surface area contributed by atoms with E-state index in [9.17, 15) is 9.59 Å². The third kappa shape index (κ3) is 14.1. The van der Waals surface area contributed by atoms with Crippen LogP contribution < -0.4 is 0 Å². The van der Waals surface area contributed by atoms with Crippen LogP contribution in [0.1, 0.15) is 117 Å². The molecular formula is C24H47NO3S. The third-order valence-electron chi connectivity index (χ3n) is 5.73. The van der Waals surface area contributed by atoms with E-state index in [0.29, 0.717) is 0 Å². The molecule has 0 amide bonds. The van der Waals surface area contributed by atoms with Crippen LogP contribution in [0.4, 0.5) is 0 Å². The zero-order valence-electron chi connectivity index (χ0n) is 19.9. The molecular weight excluding hydrogens is 382 g/mol. The van der Waals surface area contributed by atoms with Crippen molar-refractivity contribution in [3.8, 4) is 0 Å². The standard InChI is InChI=1S/C24H47NO3S/c1-6-7-8-9-10-11-12-13-14-15-16-17-18-19-20-21-25(4)24(3,23(27)28-5)29-22(2)26/h6-21H2,1-5H3. The third-order valence-corrected chi connectivity index (χ3v) is 6.90. The van der Waals surface area contributed by atoms with E-state index < -0.39 is 4.87 Å². The summed E-state index contributed by atoms with van der Waals surface area (Å²) in [6.45, 7) is 6.34. The van der Waals surface area contributed by atoms with Crippen LogP contribution in [0.5, 0.6) is 0 Å². The molecule has 5 heteroatoms. The van der Waals surface area contributed by atoms with E-state index >= 15 is 0 Å². The quantitative estimate of drug-likeness (QED) is 0.126. The number of carbonyl (C=O) groups is 2. The highest BCUT2D eigenvalue weighted by atomic mass is 32.2.